The number of alkyl carbamates (subject to hydrolysis) is 2. The summed E-state index contributed by atoms with van der Waals surface area (Å²) in [5.41, 5.74) is 3.04. The zero-order valence-corrected chi connectivity index (χ0v) is 56.0. The van der Waals surface area contributed by atoms with Gasteiger partial charge in [-0.05, 0) is 116 Å². The van der Waals surface area contributed by atoms with Crippen molar-refractivity contribution in [1.29, 1.82) is 0 Å². The second kappa shape index (κ2) is 33.3. The first-order valence-corrected chi connectivity index (χ1v) is 34.1. The van der Waals surface area contributed by atoms with Crippen LogP contribution in [0.2, 0.25) is 0 Å². The SMILES string of the molecule is CCOP(=O)(Cc1ccc2c(c1)CCN(C[C@H](NC(=O)O[C@H]1CO[C@H]3OCC[C@H]31)[C@H](O)CN(CC(C)C)S(=O)(=O)c1ccc(OC)cc1)C2)OCC.COc1ccc(S(=O)(=O)N(CC(C)C)C[C@@H](C)[C@H](C=O)NC(=O)O[C@H]2CO[C@H]3OCC[C@H]32)cc1.I. The highest BCUT2D eigenvalue weighted by atomic mass is 127. The lowest BCUT2D eigenvalue weighted by Crippen LogP contribution is -2.55. The minimum absolute atomic E-state index is 0. The van der Waals surface area contributed by atoms with Gasteiger partial charge in [-0.25, -0.2) is 26.4 Å². The summed E-state index contributed by atoms with van der Waals surface area (Å²) < 4.78 is 125. The number of hydrogen-bond donors (Lipinski definition) is 3. The molecule has 0 spiro atoms. The Kier molecular flexibility index (Phi) is 27.6. The van der Waals surface area contributed by atoms with Gasteiger partial charge in [0.15, 0.2) is 12.6 Å². The molecule has 8 rings (SSSR count). The normalized spacial score (nSPS) is 22.5. The number of halogens is 1. The zero-order chi connectivity index (χ0) is 62.3. The number of aliphatic hydroxyl groups excluding tert-OH is 1. The number of aldehydes is 1. The van der Waals surface area contributed by atoms with Crippen molar-refractivity contribution in [2.45, 2.75) is 133 Å². The molecule has 0 saturated carbocycles. The number of nitrogens with zero attached hydrogens (tertiary/aromatic N) is 3. The number of carbonyl (C=O) groups is 3. The molecule has 3 aromatic carbocycles. The van der Waals surface area contributed by atoms with Gasteiger partial charge in [-0.1, -0.05) is 52.8 Å². The first-order chi connectivity index (χ1) is 41.0. The minimum Gasteiger partial charge on any atom is -0.497 e. The van der Waals surface area contributed by atoms with Gasteiger partial charge in [0.1, 0.15) is 30.0 Å². The number of sulfonamides is 2. The number of amides is 2. The fourth-order valence-corrected chi connectivity index (χ4v) is 16.2. The molecule has 0 bridgehead atoms. The fraction of sp³-hybridized carbons (Fsp3) is 0.644. The van der Waals surface area contributed by atoms with Gasteiger partial charge in [-0.3, -0.25) is 9.46 Å². The predicted octanol–water partition coefficient (Wildman–Crippen LogP) is 7.03. The van der Waals surface area contributed by atoms with E-state index in [2.05, 4.69) is 15.5 Å². The van der Waals surface area contributed by atoms with Crippen LogP contribution in [0.5, 0.6) is 11.5 Å². The van der Waals surface area contributed by atoms with E-state index in [9.17, 15) is 40.9 Å². The first kappa shape index (κ1) is 72.0. The Morgan fingerprint density at radius 3 is 1.68 bits per heavy atom. The fourth-order valence-electron chi connectivity index (χ4n) is 11.2. The molecule has 24 nitrogen and oxygen atoms in total. The Morgan fingerprint density at radius 2 is 1.21 bits per heavy atom. The standard InChI is InChI=1S/C36H54N3O11PS.C23H34N2O8S.HI/c1-6-48-51(42,49-7-2)24-26-8-9-28-20-38(16-14-27(28)18-26)21-32(37-36(41)50-34-23-47-35-31(34)15-17-46-35)33(40)22-39(19-25(3)4)52(43,44)30-12-10-29(45-5)11-13-30;1-15(2)11-25(34(28,29)18-7-5-17(30-4)6-8-18)12-16(3)20(13-26)24-23(27)33-21-14-32-22-19(21)9-10-31-22;/h8-13,18,25,31-35,40H,6-7,14-17,19-24H2,1-5H3,(H,37,41);5-8,13,15-16,19-22H,9-12,14H2,1-4H3,(H,24,27);1H/t31-,32-,33+,34-,35+;16-,19+,20+,21+,22-;/m01./s1. The van der Waals surface area contributed by atoms with Crippen molar-refractivity contribution >= 4 is 70.1 Å². The summed E-state index contributed by atoms with van der Waals surface area (Å²) in [7, 11) is -8.09. The number of aliphatic hydroxyl groups is 1. The maximum absolute atomic E-state index is 13.9. The van der Waals surface area contributed by atoms with E-state index < -0.39 is 82.4 Å². The average molecular weight is 1390 g/mol. The molecule has 87 heavy (non-hydrogen) atoms. The van der Waals surface area contributed by atoms with E-state index in [1.165, 1.54) is 47.1 Å². The number of hydrogen-bond acceptors (Lipinski definition) is 20. The number of carbonyl (C=O) groups excluding carboxylic acids is 3. The average Bonchev–Trinajstić information content (AvgIpc) is 4.20. The number of rotatable bonds is 29. The molecule has 5 heterocycles. The smallest absolute Gasteiger partial charge is 0.408 e. The molecule has 0 unspecified atom stereocenters. The maximum Gasteiger partial charge on any atom is 0.408 e. The van der Waals surface area contributed by atoms with E-state index in [1.54, 1.807) is 45.0 Å². The van der Waals surface area contributed by atoms with E-state index in [4.69, 9.17) is 46.9 Å². The molecule has 10 atom stereocenters. The summed E-state index contributed by atoms with van der Waals surface area (Å²) in [6.07, 6.45) is -1.50. The van der Waals surface area contributed by atoms with Crippen molar-refractivity contribution in [3.05, 3.63) is 83.4 Å². The highest BCUT2D eigenvalue weighted by Gasteiger charge is 2.46. The Bertz CT molecular complexity index is 2960. The Morgan fingerprint density at radius 1 is 0.713 bits per heavy atom. The maximum atomic E-state index is 13.9. The van der Waals surface area contributed by atoms with E-state index in [1.807, 2.05) is 45.9 Å². The Balaban J connectivity index is 0.000000300. The Labute approximate surface area is 529 Å². The molecular weight excluding hydrogens is 1300 g/mol. The molecule has 0 aliphatic carbocycles. The largest absolute Gasteiger partial charge is 0.497 e. The van der Waals surface area contributed by atoms with Crippen LogP contribution in [0, 0.1) is 29.6 Å². The lowest BCUT2D eigenvalue weighted by Gasteiger charge is -2.35. The quantitative estimate of drug-likeness (QED) is 0.0357. The van der Waals surface area contributed by atoms with Crippen LogP contribution in [-0.2, 0) is 86.0 Å². The highest BCUT2D eigenvalue weighted by molar-refractivity contribution is 14.0. The summed E-state index contributed by atoms with van der Waals surface area (Å²) in [5.74, 6) is 0.500. The van der Waals surface area contributed by atoms with Gasteiger partial charge in [0, 0.05) is 45.8 Å². The van der Waals surface area contributed by atoms with Crippen molar-refractivity contribution in [2.24, 2.45) is 29.6 Å². The lowest BCUT2D eigenvalue weighted by molar-refractivity contribution is -0.110. The molecule has 3 N–H and O–H groups in total. The summed E-state index contributed by atoms with van der Waals surface area (Å²) in [5, 5.41) is 17.2. The molecule has 0 aromatic heterocycles. The van der Waals surface area contributed by atoms with E-state index in [0.29, 0.717) is 70.1 Å². The summed E-state index contributed by atoms with van der Waals surface area (Å²) in [4.78, 5) is 40.0. The number of ether oxygens (including phenoxy) is 8. The van der Waals surface area contributed by atoms with Crippen molar-refractivity contribution in [2.75, 3.05) is 93.1 Å². The number of benzene rings is 3. The summed E-state index contributed by atoms with van der Waals surface area (Å²) >= 11 is 0. The number of nitrogens with one attached hydrogen (secondary N) is 2. The molecule has 4 fully saturated rings. The first-order valence-electron chi connectivity index (χ1n) is 29.5. The van der Waals surface area contributed by atoms with Crippen LogP contribution in [0.3, 0.4) is 0 Å². The molecule has 3 aromatic rings. The van der Waals surface area contributed by atoms with Crippen LogP contribution >= 0.6 is 31.6 Å². The van der Waals surface area contributed by atoms with Gasteiger partial charge in [-0.15, -0.1) is 24.0 Å². The second-order valence-corrected chi connectivity index (χ2v) is 28.9. The van der Waals surface area contributed by atoms with E-state index >= 15 is 0 Å². The summed E-state index contributed by atoms with van der Waals surface area (Å²) in [6.45, 7) is 16.6. The van der Waals surface area contributed by atoms with Crippen LogP contribution in [0.15, 0.2) is 76.5 Å². The van der Waals surface area contributed by atoms with Crippen LogP contribution in [0.1, 0.15) is 78.0 Å². The van der Waals surface area contributed by atoms with Crippen LogP contribution < -0.4 is 20.1 Å². The van der Waals surface area contributed by atoms with E-state index in [-0.39, 0.29) is 116 Å². The second-order valence-electron chi connectivity index (χ2n) is 23.0. The van der Waals surface area contributed by atoms with Crippen LogP contribution in [0.25, 0.3) is 0 Å². The zero-order valence-electron chi connectivity index (χ0n) is 51.2. The lowest BCUT2D eigenvalue weighted by atomic mass is 9.97. The van der Waals surface area contributed by atoms with Gasteiger partial charge in [-0.2, -0.15) is 8.61 Å². The molecule has 488 valence electrons. The molecule has 5 aliphatic rings. The molecule has 5 aliphatic heterocycles. The third kappa shape index (κ3) is 19.7. The minimum atomic E-state index is -4.01. The van der Waals surface area contributed by atoms with Gasteiger partial charge >= 0.3 is 19.8 Å². The molecule has 2 amide bonds. The van der Waals surface area contributed by atoms with Crippen molar-refractivity contribution < 1.29 is 87.8 Å². The van der Waals surface area contributed by atoms with Crippen molar-refractivity contribution in [3.63, 3.8) is 0 Å². The predicted molar refractivity (Wildman–Crippen MR) is 332 cm³/mol. The van der Waals surface area contributed by atoms with Crippen LogP contribution in [0.4, 0.5) is 9.59 Å². The van der Waals surface area contributed by atoms with Gasteiger partial charge in [0.25, 0.3) is 0 Å². The van der Waals surface area contributed by atoms with E-state index in [0.717, 1.165) is 23.1 Å². The number of fused-ring (bicyclic) bond motifs is 3. The van der Waals surface area contributed by atoms with Crippen molar-refractivity contribution in [3.8, 4) is 11.5 Å². The summed E-state index contributed by atoms with van der Waals surface area (Å²) in [6, 6.07) is 16.4. The van der Waals surface area contributed by atoms with Gasteiger partial charge in [0.2, 0.25) is 20.0 Å². The third-order valence-corrected chi connectivity index (χ3v) is 21.3. The van der Waals surface area contributed by atoms with Crippen molar-refractivity contribution in [1.82, 2.24) is 24.1 Å². The Hall–Kier alpha value is -4.07. The molecular formula is C59H89IN5O19PS2. The third-order valence-electron chi connectivity index (χ3n) is 15.6. The molecule has 28 heteroatoms. The number of methoxy groups -OCH3 is 2. The molecule has 4 saturated heterocycles. The monoisotopic (exact) mass is 1390 g/mol. The van der Waals surface area contributed by atoms with Gasteiger partial charge < -0.3 is 67.5 Å². The highest BCUT2D eigenvalue weighted by Crippen LogP contribution is 2.51. The van der Waals surface area contributed by atoms with Gasteiger partial charge in [0.05, 0.1) is 99.8 Å². The topological polar surface area (TPSA) is 283 Å². The molecule has 0 radical (unpaired) electrons. The van der Waals surface area contributed by atoms with Crippen LogP contribution in [-0.4, -0.2) is 190 Å².